The van der Waals surface area contributed by atoms with Crippen LogP contribution in [0.15, 0.2) is 36.5 Å². The highest BCUT2D eigenvalue weighted by Crippen LogP contribution is 2.50. The molecule has 200 valence electrons. The maximum Gasteiger partial charge on any atom is 0.475 e. The lowest BCUT2D eigenvalue weighted by Crippen LogP contribution is -2.29. The van der Waals surface area contributed by atoms with E-state index in [0.717, 1.165) is 0 Å². The summed E-state index contributed by atoms with van der Waals surface area (Å²) in [4.78, 5) is 35.3. The summed E-state index contributed by atoms with van der Waals surface area (Å²) in [6.07, 6.45) is -3.09. The zero-order valence-electron chi connectivity index (χ0n) is 19.8. The average Bonchev–Trinajstić information content (AvgIpc) is 2.81. The molecule has 0 aliphatic heterocycles. The van der Waals surface area contributed by atoms with Gasteiger partial charge in [-0.15, -0.1) is 34.8 Å². The summed E-state index contributed by atoms with van der Waals surface area (Å²) in [6, 6.07) is 0. The Morgan fingerprint density at radius 3 is 1.03 bits per heavy atom. The quantitative estimate of drug-likeness (QED) is 0.0762. The smallest absolute Gasteiger partial charge is 0.455 e. The maximum absolute atomic E-state index is 13.3. The first-order valence-electron chi connectivity index (χ1n) is 10.1. The molecule has 0 heterocycles. The van der Waals surface area contributed by atoms with Gasteiger partial charge in [-0.1, -0.05) is 19.7 Å². The van der Waals surface area contributed by atoms with E-state index in [1.54, 1.807) is 0 Å². The summed E-state index contributed by atoms with van der Waals surface area (Å²) in [5, 5.41) is 0. The van der Waals surface area contributed by atoms with Gasteiger partial charge in [0, 0.05) is 16.7 Å². The van der Waals surface area contributed by atoms with Crippen LogP contribution >= 0.6 is 42.6 Å². The molecule has 14 heteroatoms. The second-order valence-corrected chi connectivity index (χ2v) is 9.82. The zero-order chi connectivity index (χ0) is 27.2. The summed E-state index contributed by atoms with van der Waals surface area (Å²) in [5.41, 5.74) is 0.345. The van der Waals surface area contributed by atoms with Crippen molar-refractivity contribution in [3.8, 4) is 0 Å². The number of phosphoric acid groups is 1. The molecule has 0 aromatic carbocycles. The number of esters is 3. The van der Waals surface area contributed by atoms with Crippen LogP contribution in [0.5, 0.6) is 0 Å². The number of hydrogen-bond acceptors (Lipinski definition) is 10. The van der Waals surface area contributed by atoms with Gasteiger partial charge in [0.2, 0.25) is 0 Å². The van der Waals surface area contributed by atoms with Crippen LogP contribution in [-0.2, 0) is 46.7 Å². The van der Waals surface area contributed by atoms with Crippen molar-refractivity contribution in [1.82, 2.24) is 0 Å². The van der Waals surface area contributed by atoms with Crippen molar-refractivity contribution >= 4 is 60.5 Å². The number of alkyl halides is 3. The maximum atomic E-state index is 13.3. The van der Waals surface area contributed by atoms with Gasteiger partial charge in [-0.05, 0) is 20.8 Å². The molecule has 0 aliphatic carbocycles. The molecule has 10 nitrogen and oxygen atoms in total. The van der Waals surface area contributed by atoms with Crippen molar-refractivity contribution in [2.24, 2.45) is 0 Å². The molecule has 0 aliphatic rings. The number of hydrogen-bond donors (Lipinski definition) is 0. The monoisotopic (exact) mass is 578 g/mol. The van der Waals surface area contributed by atoms with Crippen LogP contribution in [0.3, 0.4) is 0 Å². The van der Waals surface area contributed by atoms with Gasteiger partial charge in [-0.3, -0.25) is 13.6 Å². The van der Waals surface area contributed by atoms with E-state index < -0.39 is 63.9 Å². The Kier molecular flexibility index (Phi) is 16.5. The van der Waals surface area contributed by atoms with Crippen molar-refractivity contribution < 1.29 is 46.7 Å². The normalized spacial score (nSPS) is 15.1. The number of ether oxygens (including phenoxy) is 3. The molecule has 0 rings (SSSR count). The fourth-order valence-electron chi connectivity index (χ4n) is 1.72. The molecule has 0 spiro atoms. The molecule has 3 unspecified atom stereocenters. The van der Waals surface area contributed by atoms with E-state index in [1.807, 2.05) is 0 Å². The number of carbonyl (C=O) groups excluding carboxylic acids is 3. The molecule has 0 bridgehead atoms. The van der Waals surface area contributed by atoms with Crippen LogP contribution in [0.1, 0.15) is 20.8 Å². The van der Waals surface area contributed by atoms with Gasteiger partial charge in [-0.2, -0.15) is 0 Å². The third-order valence-corrected chi connectivity index (χ3v) is 6.07. The van der Waals surface area contributed by atoms with E-state index in [-0.39, 0.29) is 34.4 Å². The van der Waals surface area contributed by atoms with Crippen molar-refractivity contribution in [2.75, 3.05) is 37.5 Å². The van der Waals surface area contributed by atoms with Gasteiger partial charge in [-0.25, -0.2) is 18.9 Å². The van der Waals surface area contributed by atoms with Gasteiger partial charge in [0.15, 0.2) is 0 Å². The minimum absolute atomic E-state index is 0.115. The van der Waals surface area contributed by atoms with Crippen LogP contribution in [0, 0.1) is 0 Å². The van der Waals surface area contributed by atoms with Gasteiger partial charge < -0.3 is 14.2 Å². The Morgan fingerprint density at radius 1 is 0.629 bits per heavy atom. The highest BCUT2D eigenvalue weighted by Gasteiger charge is 2.33. The molecule has 0 saturated carbocycles. The Morgan fingerprint density at radius 2 is 0.857 bits per heavy atom. The van der Waals surface area contributed by atoms with Gasteiger partial charge >= 0.3 is 25.7 Å². The highest BCUT2D eigenvalue weighted by atomic mass is 35.5. The standard InChI is InChI=1S/C21H30Cl3O10P/c1-13(2)19(25)32-16(7-22)10-29-35(28,30-11-17(8-23)33-20(26)14(3)4)31-12-18(9-24)34-21(27)15(5)6/h16-18H,1,3,5,7-12H2,2,4,6H3. The molecular weight excluding hydrogens is 550 g/mol. The van der Waals surface area contributed by atoms with E-state index in [2.05, 4.69) is 19.7 Å². The van der Waals surface area contributed by atoms with Crippen LogP contribution in [0.2, 0.25) is 0 Å². The third-order valence-electron chi connectivity index (χ3n) is 3.64. The first-order chi connectivity index (χ1) is 16.3. The summed E-state index contributed by atoms with van der Waals surface area (Å²) >= 11 is 17.4. The van der Waals surface area contributed by atoms with Crippen molar-refractivity contribution in [3.05, 3.63) is 36.5 Å². The van der Waals surface area contributed by atoms with E-state index in [9.17, 15) is 18.9 Å². The topological polar surface area (TPSA) is 124 Å². The molecular formula is C21H30Cl3O10P. The molecule has 0 aromatic heterocycles. The van der Waals surface area contributed by atoms with Crippen LogP contribution in [0.4, 0.5) is 0 Å². The molecule has 0 aromatic rings. The molecule has 0 saturated heterocycles. The molecule has 0 radical (unpaired) electrons. The molecule has 0 N–H and O–H groups in total. The fraction of sp³-hybridized carbons (Fsp3) is 0.571. The number of carbonyl (C=O) groups is 3. The SMILES string of the molecule is C=C(C)C(=O)OC(CCl)COP(=O)(OCC(CCl)OC(=O)C(=C)C)OCC(CCl)OC(=O)C(=C)C. The minimum Gasteiger partial charge on any atom is -0.455 e. The average molecular weight is 580 g/mol. The summed E-state index contributed by atoms with van der Waals surface area (Å²) in [5.74, 6) is -2.84. The van der Waals surface area contributed by atoms with E-state index >= 15 is 0 Å². The lowest BCUT2D eigenvalue weighted by atomic mass is 10.3. The van der Waals surface area contributed by atoms with E-state index in [1.165, 1.54) is 20.8 Å². The second-order valence-electron chi connectivity index (χ2n) is 7.22. The van der Waals surface area contributed by atoms with Crippen molar-refractivity contribution in [2.45, 2.75) is 39.1 Å². The number of phosphoric ester groups is 1. The van der Waals surface area contributed by atoms with Crippen molar-refractivity contribution in [3.63, 3.8) is 0 Å². The summed E-state index contributed by atoms with van der Waals surface area (Å²) in [7, 11) is -4.44. The first kappa shape index (κ1) is 33.6. The molecule has 0 fully saturated rings. The lowest BCUT2D eigenvalue weighted by Gasteiger charge is -2.24. The summed E-state index contributed by atoms with van der Waals surface area (Å²) < 4.78 is 44.3. The Balaban J connectivity index is 5.45. The lowest BCUT2D eigenvalue weighted by molar-refractivity contribution is -0.145. The predicted molar refractivity (Wildman–Crippen MR) is 132 cm³/mol. The third kappa shape index (κ3) is 14.1. The molecule has 3 atom stereocenters. The predicted octanol–water partition coefficient (Wildman–Crippen LogP) is 4.32. The van der Waals surface area contributed by atoms with Gasteiger partial charge in [0.1, 0.15) is 18.3 Å². The fourth-order valence-corrected chi connectivity index (χ4v) is 3.45. The first-order valence-corrected chi connectivity index (χ1v) is 13.2. The number of halogens is 3. The summed E-state index contributed by atoms with van der Waals surface area (Å²) in [6.45, 7) is 13.2. The molecule has 0 amide bonds. The molecule has 35 heavy (non-hydrogen) atoms. The largest absolute Gasteiger partial charge is 0.475 e. The minimum atomic E-state index is -4.44. The Bertz CT molecular complexity index is 728. The van der Waals surface area contributed by atoms with Crippen molar-refractivity contribution in [1.29, 1.82) is 0 Å². The van der Waals surface area contributed by atoms with Gasteiger partial charge in [0.05, 0.1) is 37.5 Å². The van der Waals surface area contributed by atoms with Crippen LogP contribution < -0.4 is 0 Å². The number of rotatable bonds is 18. The highest BCUT2D eigenvalue weighted by molar-refractivity contribution is 7.48. The zero-order valence-corrected chi connectivity index (χ0v) is 22.9. The van der Waals surface area contributed by atoms with E-state index in [4.69, 9.17) is 62.6 Å². The Hall–Kier alpha value is -1.39. The van der Waals surface area contributed by atoms with Crippen LogP contribution in [0.25, 0.3) is 0 Å². The van der Waals surface area contributed by atoms with E-state index in [0.29, 0.717) is 0 Å². The van der Waals surface area contributed by atoms with Crippen LogP contribution in [-0.4, -0.2) is 73.7 Å². The Labute approximate surface area is 220 Å². The van der Waals surface area contributed by atoms with Gasteiger partial charge in [0.25, 0.3) is 0 Å². The second kappa shape index (κ2) is 17.1.